The van der Waals surface area contributed by atoms with E-state index in [1.807, 2.05) is 5.32 Å². The summed E-state index contributed by atoms with van der Waals surface area (Å²) in [5.41, 5.74) is -3.23. The third-order valence-corrected chi connectivity index (χ3v) is 6.21. The molecular formula is C27H45N5O5. The van der Waals surface area contributed by atoms with Crippen LogP contribution in [-0.4, -0.2) is 64.6 Å². The summed E-state index contributed by atoms with van der Waals surface area (Å²) in [6.45, 7) is -16.7. The van der Waals surface area contributed by atoms with Gasteiger partial charge in [-0.25, -0.2) is 4.79 Å². The smallest absolute Gasteiger partial charge is 0.315 e. The molecule has 37 heavy (non-hydrogen) atoms. The Balaban J connectivity index is 2.36. The van der Waals surface area contributed by atoms with Crippen LogP contribution in [0.1, 0.15) is 111 Å². The van der Waals surface area contributed by atoms with E-state index in [2.05, 4.69) is 5.32 Å². The Morgan fingerprint density at radius 3 is 2.32 bits per heavy atom. The molecule has 1 aliphatic heterocycles. The summed E-state index contributed by atoms with van der Waals surface area (Å²) in [5.74, 6) is -14.7. The first-order valence-corrected chi connectivity index (χ1v) is 11.3. The molecule has 5 atom stereocenters. The summed E-state index contributed by atoms with van der Waals surface area (Å²) >= 11 is 0. The number of ketones is 1. The summed E-state index contributed by atoms with van der Waals surface area (Å²) in [4.78, 5) is 68.1. The van der Waals surface area contributed by atoms with Gasteiger partial charge in [-0.15, -0.1) is 0 Å². The molecule has 3 rings (SSSR count). The maximum Gasteiger partial charge on any atom is 0.315 e. The molecule has 3 fully saturated rings. The topological polar surface area (TPSA) is 151 Å². The number of urea groups is 1. The molecular weight excluding hydrogens is 474 g/mol. The SMILES string of the molecule is [2H]C([2H])([2H])C1(C([2H])([2H])[2H])[C@@H]2[C@@H](C(=O)N[C@@H](CC3([2H])C([2H])([2H])C([2H])([2H])C3([2H])[2H])C(=O)C(N)=O)N(C(=O)[C@@H](NC(=O)NC(C)(C)C)C(C([2H])([2H])[2H])(C([2H])([2H])[2H])C([2H])([2H])[2H])C[C@@H]21. The highest BCUT2D eigenvalue weighted by Gasteiger charge is 2.70. The number of likely N-dealkylation sites (tertiary alicyclic amines) is 1. The first-order valence-electron chi connectivity index (χ1n) is 22.3. The van der Waals surface area contributed by atoms with Crippen LogP contribution in [0.2, 0.25) is 0 Å². The van der Waals surface area contributed by atoms with Gasteiger partial charge in [0, 0.05) is 42.2 Å². The molecule has 0 spiro atoms. The van der Waals surface area contributed by atoms with E-state index >= 15 is 0 Å². The monoisotopic (exact) mass is 541 g/mol. The van der Waals surface area contributed by atoms with Crippen molar-refractivity contribution in [2.75, 3.05) is 6.54 Å². The molecule has 208 valence electrons. The molecule has 3 aliphatic rings. The standard InChI is InChI=1S/C27H45N5O5/c1-25(2,3)20(30-24(37)31-26(4,5)6)23(36)32-13-15-17(27(15,7)8)18(32)22(35)29-16(19(33)21(28)34)12-14-10-9-11-14/h14-18,20H,9-13H2,1-8H3,(H2,28,34)(H,29,35)(H2,30,31,37)/t15-,16-,17-,18-,20+/m0/s1/i1D3,2D3,3D3,7D3,8D3,9D2,10D2,11D2,14D. The van der Waals surface area contributed by atoms with Crippen LogP contribution in [0.4, 0.5) is 4.79 Å². The Morgan fingerprint density at radius 2 is 1.78 bits per heavy atom. The Hall–Kier alpha value is -2.65. The van der Waals surface area contributed by atoms with Gasteiger partial charge in [0.1, 0.15) is 12.1 Å². The van der Waals surface area contributed by atoms with E-state index in [1.54, 1.807) is 5.32 Å². The Kier molecular flexibility index (Phi) is 3.00. The lowest BCUT2D eigenvalue weighted by atomic mass is 9.80. The quantitative estimate of drug-likeness (QED) is 0.345. The van der Waals surface area contributed by atoms with Crippen LogP contribution >= 0.6 is 0 Å². The number of Topliss-reactive ketones (excluding diaryl/α,β-unsaturated/α-hetero) is 1. The van der Waals surface area contributed by atoms with Crippen molar-refractivity contribution in [1.82, 2.24) is 20.9 Å². The molecule has 1 saturated heterocycles. The predicted molar refractivity (Wildman–Crippen MR) is 139 cm³/mol. The number of hydrogen-bond acceptors (Lipinski definition) is 5. The van der Waals surface area contributed by atoms with E-state index in [0.717, 1.165) is 0 Å². The van der Waals surface area contributed by atoms with E-state index in [9.17, 15) is 24.0 Å². The number of primary amides is 1. The maximum absolute atomic E-state index is 14.8. The van der Waals surface area contributed by atoms with Crippen LogP contribution in [0.15, 0.2) is 0 Å². The molecule has 2 aliphatic carbocycles. The molecule has 10 nitrogen and oxygen atoms in total. The zero-order chi connectivity index (χ0) is 46.9. The molecule has 0 aromatic heterocycles. The minimum absolute atomic E-state index is 0.211. The summed E-state index contributed by atoms with van der Waals surface area (Å²) < 4.78 is 180. The predicted octanol–water partition coefficient (Wildman–Crippen LogP) is 1.71. The van der Waals surface area contributed by atoms with Crippen molar-refractivity contribution in [3.05, 3.63) is 0 Å². The van der Waals surface area contributed by atoms with Crippen LogP contribution in [0.25, 0.3) is 0 Å². The molecule has 0 aromatic rings. The Bertz CT molecular complexity index is 1680. The number of hydrogen-bond donors (Lipinski definition) is 4. The molecule has 0 aromatic carbocycles. The van der Waals surface area contributed by atoms with Gasteiger partial charge in [-0.1, -0.05) is 53.4 Å². The number of fused-ring (bicyclic) bond motifs is 1. The summed E-state index contributed by atoms with van der Waals surface area (Å²) in [5, 5.41) is 5.86. The van der Waals surface area contributed by atoms with Crippen molar-refractivity contribution in [3.63, 3.8) is 0 Å². The van der Waals surface area contributed by atoms with Crippen molar-refractivity contribution >= 4 is 29.5 Å². The normalized spacial score (nSPS) is 41.7. The van der Waals surface area contributed by atoms with Crippen molar-refractivity contribution in [1.29, 1.82) is 0 Å². The zero-order valence-electron chi connectivity index (χ0n) is 42.4. The molecule has 2 saturated carbocycles. The van der Waals surface area contributed by atoms with Crippen molar-refractivity contribution in [3.8, 4) is 0 Å². The average Bonchev–Trinajstić information content (AvgIpc) is 3.50. The van der Waals surface area contributed by atoms with Crippen LogP contribution in [-0.2, 0) is 19.2 Å². The second kappa shape index (κ2) is 9.91. The molecule has 0 unspecified atom stereocenters. The van der Waals surface area contributed by atoms with Gasteiger partial charge in [0.25, 0.3) is 5.91 Å². The number of rotatable bonds is 8. The van der Waals surface area contributed by atoms with Gasteiger partial charge in [0.2, 0.25) is 17.6 Å². The van der Waals surface area contributed by atoms with Gasteiger partial charge >= 0.3 is 6.03 Å². The second-order valence-corrected chi connectivity index (χ2v) is 10.4. The number of amides is 5. The van der Waals surface area contributed by atoms with E-state index in [-0.39, 0.29) is 4.90 Å². The van der Waals surface area contributed by atoms with Gasteiger partial charge in [0.05, 0.1) is 6.04 Å². The fourth-order valence-corrected chi connectivity index (χ4v) is 4.39. The number of nitrogens with one attached hydrogen (secondary N) is 3. The number of nitrogens with two attached hydrogens (primary N) is 1. The third kappa shape index (κ3) is 6.26. The number of nitrogens with zero attached hydrogens (tertiary/aromatic N) is 1. The highest BCUT2D eigenvalue weighted by atomic mass is 16.2. The highest BCUT2D eigenvalue weighted by molar-refractivity contribution is 6.37. The minimum atomic E-state index is -4.24. The van der Waals surface area contributed by atoms with Gasteiger partial charge in [0.15, 0.2) is 0 Å². The average molecular weight is 542 g/mol. The molecule has 0 bridgehead atoms. The van der Waals surface area contributed by atoms with Gasteiger partial charge in [-0.3, -0.25) is 19.2 Å². The van der Waals surface area contributed by atoms with Crippen LogP contribution in [0, 0.1) is 28.6 Å². The second-order valence-electron chi connectivity index (χ2n) is 10.4. The third-order valence-electron chi connectivity index (χ3n) is 6.21. The van der Waals surface area contributed by atoms with Gasteiger partial charge < -0.3 is 26.6 Å². The molecule has 1 heterocycles. The van der Waals surface area contributed by atoms with Crippen molar-refractivity contribution in [2.24, 2.45) is 34.3 Å². The van der Waals surface area contributed by atoms with E-state index in [1.165, 1.54) is 20.8 Å². The summed E-state index contributed by atoms with van der Waals surface area (Å²) in [6.07, 6.45) is -11.9. The van der Waals surface area contributed by atoms with Crippen molar-refractivity contribution in [2.45, 2.75) is 104 Å². The molecule has 0 radical (unpaired) electrons. The molecule has 5 N–H and O–H groups in total. The lowest BCUT2D eigenvalue weighted by Crippen LogP contribution is -2.62. The van der Waals surface area contributed by atoms with Crippen LogP contribution in [0.5, 0.6) is 0 Å². The summed E-state index contributed by atoms with van der Waals surface area (Å²) in [7, 11) is 0. The van der Waals surface area contributed by atoms with E-state index < -0.39 is 148 Å². The van der Waals surface area contributed by atoms with Gasteiger partial charge in [-0.05, 0) is 55.8 Å². The lowest BCUT2D eigenvalue weighted by Gasteiger charge is -2.38. The zero-order valence-corrected chi connectivity index (χ0v) is 20.4. The molecule has 5 amide bonds. The first kappa shape index (κ1) is 11.2. The lowest BCUT2D eigenvalue weighted by molar-refractivity contribution is -0.145. The summed E-state index contributed by atoms with van der Waals surface area (Å²) in [6, 6.07) is -9.87. The largest absolute Gasteiger partial charge is 0.363 e. The Labute approximate surface area is 251 Å². The van der Waals surface area contributed by atoms with E-state index in [0.29, 0.717) is 0 Å². The number of carbonyl (C=O) groups excluding carboxylic acids is 5. The number of piperidine rings is 1. The Morgan fingerprint density at radius 1 is 1.14 bits per heavy atom. The highest BCUT2D eigenvalue weighted by Crippen LogP contribution is 2.65. The molecule has 10 heteroatoms. The first-order chi connectivity index (χ1) is 25.7. The minimum Gasteiger partial charge on any atom is -0.363 e. The van der Waals surface area contributed by atoms with Crippen LogP contribution in [0.3, 0.4) is 0 Å². The van der Waals surface area contributed by atoms with Crippen LogP contribution < -0.4 is 21.7 Å². The number of carbonyl (C=O) groups is 5. The fraction of sp³-hybridized carbons (Fsp3) is 0.815. The maximum atomic E-state index is 14.8. The van der Waals surface area contributed by atoms with Crippen molar-refractivity contribution < 1.29 is 54.1 Å². The fourth-order valence-electron chi connectivity index (χ4n) is 4.39. The van der Waals surface area contributed by atoms with E-state index in [4.69, 9.17) is 35.9 Å². The van der Waals surface area contributed by atoms with Gasteiger partial charge in [-0.2, -0.15) is 0 Å².